The summed E-state index contributed by atoms with van der Waals surface area (Å²) in [7, 11) is 3.10. The molecule has 8 nitrogen and oxygen atoms in total. The molecule has 0 aliphatic rings. The van der Waals surface area contributed by atoms with Gasteiger partial charge in [-0.2, -0.15) is 10.1 Å². The van der Waals surface area contributed by atoms with E-state index in [9.17, 15) is 9.59 Å². The topological polar surface area (TPSA) is 90.3 Å². The molecule has 3 aromatic rings. The first-order valence-electron chi connectivity index (χ1n) is 10.3. The number of hydrogen-bond acceptors (Lipinski definition) is 8. The highest BCUT2D eigenvalue weighted by molar-refractivity contribution is 7.14. The van der Waals surface area contributed by atoms with Crippen molar-refractivity contribution >= 4 is 40.6 Å². The number of esters is 1. The number of carbonyl (C=O) groups excluding carboxylic acids is 2. The van der Waals surface area contributed by atoms with Crippen molar-refractivity contribution in [2.45, 2.75) is 20.5 Å². The Bertz CT molecular complexity index is 1200. The molecule has 0 N–H and O–H groups in total. The highest BCUT2D eigenvalue weighted by atomic mass is 32.1. The summed E-state index contributed by atoms with van der Waals surface area (Å²) in [6, 6.07) is 13.1. The van der Waals surface area contributed by atoms with E-state index in [-0.39, 0.29) is 12.5 Å². The quantitative estimate of drug-likeness (QED) is 0.193. The Morgan fingerprint density at radius 3 is 2.44 bits per heavy atom. The zero-order chi connectivity index (χ0) is 24.5. The van der Waals surface area contributed by atoms with Crippen molar-refractivity contribution in [3.05, 3.63) is 76.3 Å². The number of ether oxygens (including phenoxy) is 3. The minimum Gasteiger partial charge on any atom is -0.493 e. The molecule has 0 fully saturated rings. The first-order chi connectivity index (χ1) is 16.4. The summed E-state index contributed by atoms with van der Waals surface area (Å²) in [5.74, 6) is 0.363. The van der Waals surface area contributed by atoms with Crippen molar-refractivity contribution in [1.82, 2.24) is 4.98 Å². The highest BCUT2D eigenvalue weighted by Gasteiger charge is 2.15. The van der Waals surface area contributed by atoms with Gasteiger partial charge in [0.15, 0.2) is 11.5 Å². The van der Waals surface area contributed by atoms with Gasteiger partial charge in [0.1, 0.15) is 6.61 Å². The van der Waals surface area contributed by atoms with Crippen molar-refractivity contribution in [2.24, 2.45) is 5.10 Å². The van der Waals surface area contributed by atoms with E-state index >= 15 is 0 Å². The van der Waals surface area contributed by atoms with Crippen molar-refractivity contribution in [2.75, 3.05) is 19.2 Å². The maximum atomic E-state index is 12.1. The number of aryl methyl sites for hydroxylation is 1. The van der Waals surface area contributed by atoms with Crippen molar-refractivity contribution in [1.29, 1.82) is 0 Å². The Morgan fingerprint density at radius 2 is 1.76 bits per heavy atom. The number of methoxy groups -OCH3 is 2. The molecule has 2 aromatic carbocycles. The van der Waals surface area contributed by atoms with Crippen LogP contribution in [0.25, 0.3) is 6.08 Å². The van der Waals surface area contributed by atoms with E-state index in [2.05, 4.69) is 10.1 Å². The minimum atomic E-state index is -0.523. The lowest BCUT2D eigenvalue weighted by atomic mass is 10.2. The second kappa shape index (κ2) is 11.8. The molecule has 0 unspecified atom stereocenters. The van der Waals surface area contributed by atoms with Crippen LogP contribution in [0.1, 0.15) is 29.3 Å². The van der Waals surface area contributed by atoms with Crippen LogP contribution < -0.4 is 14.5 Å². The molecule has 0 bridgehead atoms. The highest BCUT2D eigenvalue weighted by Crippen LogP contribution is 2.28. The van der Waals surface area contributed by atoms with Crippen LogP contribution in [0.15, 0.2) is 59.0 Å². The number of carbonyl (C=O) groups is 2. The van der Waals surface area contributed by atoms with Gasteiger partial charge < -0.3 is 14.2 Å². The summed E-state index contributed by atoms with van der Waals surface area (Å²) in [5, 5.41) is 7.59. The molecule has 0 saturated heterocycles. The van der Waals surface area contributed by atoms with Gasteiger partial charge in [0.25, 0.3) is 0 Å². The summed E-state index contributed by atoms with van der Waals surface area (Å²) >= 11 is 1.24. The van der Waals surface area contributed by atoms with E-state index in [1.807, 2.05) is 31.2 Å². The lowest BCUT2D eigenvalue weighted by Gasteiger charge is -2.10. The van der Waals surface area contributed by atoms with Gasteiger partial charge in [0.2, 0.25) is 11.0 Å². The van der Waals surface area contributed by atoms with E-state index in [4.69, 9.17) is 14.2 Å². The first kappa shape index (κ1) is 24.7. The number of hydrazone groups is 1. The lowest BCUT2D eigenvalue weighted by Crippen LogP contribution is -2.22. The fourth-order valence-electron chi connectivity index (χ4n) is 2.82. The number of hydrogen-bond donors (Lipinski definition) is 0. The van der Waals surface area contributed by atoms with Gasteiger partial charge in [0.05, 0.1) is 26.1 Å². The van der Waals surface area contributed by atoms with E-state index in [0.717, 1.165) is 16.7 Å². The molecular weight excluding hydrogens is 454 g/mol. The number of amides is 1. The second-order valence-electron chi connectivity index (χ2n) is 7.16. The van der Waals surface area contributed by atoms with Crippen LogP contribution in [0, 0.1) is 6.92 Å². The SMILES string of the molecule is COc1ccc(/C=C/C(=O)OCc2csc(N(/N=C/c3ccc(C)cc3)C(C)=O)n2)cc1OC. The van der Waals surface area contributed by atoms with Crippen LogP contribution in [0.3, 0.4) is 0 Å². The molecule has 0 aliphatic carbocycles. The van der Waals surface area contributed by atoms with Gasteiger partial charge in [-0.05, 0) is 36.3 Å². The predicted molar refractivity (Wildman–Crippen MR) is 132 cm³/mol. The van der Waals surface area contributed by atoms with Crippen LogP contribution in [-0.2, 0) is 20.9 Å². The van der Waals surface area contributed by atoms with Crippen LogP contribution in [0.5, 0.6) is 11.5 Å². The zero-order valence-electron chi connectivity index (χ0n) is 19.3. The van der Waals surface area contributed by atoms with Gasteiger partial charge in [-0.1, -0.05) is 35.9 Å². The van der Waals surface area contributed by atoms with Crippen LogP contribution in [0.4, 0.5) is 5.13 Å². The van der Waals surface area contributed by atoms with Crippen LogP contribution in [0.2, 0.25) is 0 Å². The number of thiazole rings is 1. The molecule has 34 heavy (non-hydrogen) atoms. The molecule has 9 heteroatoms. The Kier molecular flexibility index (Phi) is 8.53. The molecule has 0 saturated carbocycles. The molecule has 176 valence electrons. The number of nitrogens with zero attached hydrogens (tertiary/aromatic N) is 3. The average Bonchev–Trinajstić information content (AvgIpc) is 3.30. The molecule has 1 aromatic heterocycles. The predicted octanol–water partition coefficient (Wildman–Crippen LogP) is 4.61. The summed E-state index contributed by atoms with van der Waals surface area (Å²) < 4.78 is 15.7. The third-order valence-electron chi connectivity index (χ3n) is 4.60. The number of anilines is 1. The third kappa shape index (κ3) is 6.76. The monoisotopic (exact) mass is 479 g/mol. The summed E-state index contributed by atoms with van der Waals surface area (Å²) in [5.41, 5.74) is 3.28. The normalized spacial score (nSPS) is 11.1. The van der Waals surface area contributed by atoms with E-state index in [1.54, 1.807) is 50.1 Å². The molecule has 3 rings (SSSR count). The van der Waals surface area contributed by atoms with Crippen molar-refractivity contribution in [3.63, 3.8) is 0 Å². The Labute approximate surface area is 202 Å². The smallest absolute Gasteiger partial charge is 0.331 e. The van der Waals surface area contributed by atoms with E-state index in [0.29, 0.717) is 22.3 Å². The average molecular weight is 480 g/mol. The van der Waals surface area contributed by atoms with Gasteiger partial charge in [-0.3, -0.25) is 4.79 Å². The molecular formula is C25H25N3O5S. The van der Waals surface area contributed by atoms with Gasteiger partial charge in [-0.15, -0.1) is 11.3 Å². The maximum Gasteiger partial charge on any atom is 0.331 e. The van der Waals surface area contributed by atoms with Crippen LogP contribution >= 0.6 is 11.3 Å². The van der Waals surface area contributed by atoms with Gasteiger partial charge >= 0.3 is 5.97 Å². The van der Waals surface area contributed by atoms with E-state index in [1.165, 1.54) is 29.3 Å². The van der Waals surface area contributed by atoms with Gasteiger partial charge in [-0.25, -0.2) is 9.78 Å². The number of benzene rings is 2. The fraction of sp³-hybridized carbons (Fsp3) is 0.200. The maximum absolute atomic E-state index is 12.1. The number of aromatic nitrogens is 1. The Hall–Kier alpha value is -3.98. The molecule has 0 atom stereocenters. The Morgan fingerprint density at radius 1 is 1.06 bits per heavy atom. The van der Waals surface area contributed by atoms with Crippen molar-refractivity contribution < 1.29 is 23.8 Å². The summed E-state index contributed by atoms with van der Waals surface area (Å²) in [4.78, 5) is 28.6. The largest absolute Gasteiger partial charge is 0.493 e. The molecule has 1 amide bonds. The van der Waals surface area contributed by atoms with E-state index < -0.39 is 5.97 Å². The minimum absolute atomic E-state index is 0.0287. The second-order valence-corrected chi connectivity index (χ2v) is 8.00. The molecule has 0 radical (unpaired) electrons. The molecule has 1 heterocycles. The lowest BCUT2D eigenvalue weighted by molar-refractivity contribution is -0.139. The summed E-state index contributed by atoms with van der Waals surface area (Å²) in [6.07, 6.45) is 4.54. The molecule has 0 spiro atoms. The van der Waals surface area contributed by atoms with Gasteiger partial charge in [0, 0.05) is 18.4 Å². The fourth-order valence-corrected chi connectivity index (χ4v) is 3.62. The van der Waals surface area contributed by atoms with Crippen molar-refractivity contribution in [3.8, 4) is 11.5 Å². The standard InChI is InChI=1S/C25H25N3O5S/c1-17-5-7-20(8-6-17)14-26-28(18(2)29)25-27-21(16-34-25)15-33-24(30)12-10-19-9-11-22(31-3)23(13-19)32-4/h5-14,16H,15H2,1-4H3/b12-10+,26-14+. The zero-order valence-corrected chi connectivity index (χ0v) is 20.2. The number of rotatable bonds is 9. The Balaban J connectivity index is 1.60. The first-order valence-corrected chi connectivity index (χ1v) is 11.2. The summed E-state index contributed by atoms with van der Waals surface area (Å²) in [6.45, 7) is 3.38. The molecule has 0 aliphatic heterocycles. The third-order valence-corrected chi connectivity index (χ3v) is 5.47. The van der Waals surface area contributed by atoms with Crippen LogP contribution in [-0.4, -0.2) is 37.3 Å².